The summed E-state index contributed by atoms with van der Waals surface area (Å²) in [5.41, 5.74) is 2.20. The molecule has 11 heteroatoms. The summed E-state index contributed by atoms with van der Waals surface area (Å²) in [5.74, 6) is 0.0511. The first-order valence-corrected chi connectivity index (χ1v) is 15.3. The van der Waals surface area contributed by atoms with Crippen molar-refractivity contribution in [1.29, 1.82) is 0 Å². The van der Waals surface area contributed by atoms with Gasteiger partial charge >= 0.3 is 0 Å². The van der Waals surface area contributed by atoms with E-state index in [2.05, 4.69) is 10.6 Å². The molecule has 1 atom stereocenters. The molecule has 2 N–H and O–H groups in total. The van der Waals surface area contributed by atoms with E-state index in [0.717, 1.165) is 55.5 Å². The molecule has 4 amide bonds. The number of nitrogens with one attached hydrogen (secondary N) is 2. The lowest BCUT2D eigenvalue weighted by Crippen LogP contribution is -2.45. The highest BCUT2D eigenvalue weighted by Gasteiger charge is 2.30. The normalized spacial score (nSPS) is 17.5. The third-order valence-corrected chi connectivity index (χ3v) is 8.17. The SMILES string of the molecule is CCN(C)C(=O)c1ccc(C(=O)NC(=NC2CCCCN(CC(=O)N3CCCC3)C2=O)Nc2ccc3oc(C)cc3c2)cc1. The number of fused-ring (bicyclic) bond motifs is 1. The van der Waals surface area contributed by atoms with Crippen molar-refractivity contribution in [3.63, 3.8) is 0 Å². The zero-order chi connectivity index (χ0) is 31.2. The molecule has 5 rings (SSSR count). The fraction of sp³-hybridized carbons (Fsp3) is 0.424. The highest BCUT2D eigenvalue weighted by Crippen LogP contribution is 2.23. The first-order chi connectivity index (χ1) is 21.2. The summed E-state index contributed by atoms with van der Waals surface area (Å²) in [7, 11) is 1.72. The second kappa shape index (κ2) is 13.7. The van der Waals surface area contributed by atoms with Gasteiger partial charge in [-0.2, -0.15) is 0 Å². The number of guanidine groups is 1. The molecule has 44 heavy (non-hydrogen) atoms. The Morgan fingerprint density at radius 1 is 0.977 bits per heavy atom. The number of carbonyl (C=O) groups is 4. The van der Waals surface area contributed by atoms with Gasteiger partial charge < -0.3 is 24.4 Å². The van der Waals surface area contributed by atoms with Gasteiger partial charge in [0.15, 0.2) is 0 Å². The molecule has 232 valence electrons. The third-order valence-electron chi connectivity index (χ3n) is 8.17. The Balaban J connectivity index is 1.39. The maximum Gasteiger partial charge on any atom is 0.257 e. The van der Waals surface area contributed by atoms with E-state index in [0.29, 0.717) is 36.3 Å². The molecule has 2 fully saturated rings. The van der Waals surface area contributed by atoms with Crippen LogP contribution in [0.4, 0.5) is 5.69 Å². The molecule has 0 radical (unpaired) electrons. The lowest BCUT2D eigenvalue weighted by Gasteiger charge is -2.25. The third kappa shape index (κ3) is 7.27. The summed E-state index contributed by atoms with van der Waals surface area (Å²) in [4.78, 5) is 62.2. The number of hydrogen-bond donors (Lipinski definition) is 2. The average Bonchev–Trinajstić information content (AvgIpc) is 3.66. The molecule has 2 saturated heterocycles. The molecule has 2 aromatic carbocycles. The second-order valence-corrected chi connectivity index (χ2v) is 11.4. The first kappa shape index (κ1) is 30.8. The van der Waals surface area contributed by atoms with Gasteiger partial charge in [-0.1, -0.05) is 0 Å². The van der Waals surface area contributed by atoms with Crippen molar-refractivity contribution in [2.24, 2.45) is 4.99 Å². The van der Waals surface area contributed by atoms with Gasteiger partial charge in [-0.25, -0.2) is 4.99 Å². The highest BCUT2D eigenvalue weighted by molar-refractivity contribution is 6.11. The van der Waals surface area contributed by atoms with Crippen molar-refractivity contribution < 1.29 is 23.6 Å². The minimum atomic E-state index is -0.767. The van der Waals surface area contributed by atoms with Crippen LogP contribution in [0.2, 0.25) is 0 Å². The van der Waals surface area contributed by atoms with Gasteiger partial charge in [-0.3, -0.25) is 24.5 Å². The van der Waals surface area contributed by atoms with E-state index in [-0.39, 0.29) is 30.2 Å². The Morgan fingerprint density at radius 3 is 2.41 bits per heavy atom. The number of carbonyl (C=O) groups excluding carboxylic acids is 4. The quantitative estimate of drug-likeness (QED) is 0.311. The van der Waals surface area contributed by atoms with E-state index in [4.69, 9.17) is 9.41 Å². The van der Waals surface area contributed by atoms with Crippen LogP contribution in [0.5, 0.6) is 0 Å². The Bertz CT molecular complexity index is 1560. The lowest BCUT2D eigenvalue weighted by atomic mass is 10.1. The number of amides is 4. The van der Waals surface area contributed by atoms with Crippen LogP contribution in [0.15, 0.2) is 57.9 Å². The van der Waals surface area contributed by atoms with Crippen molar-refractivity contribution in [1.82, 2.24) is 20.0 Å². The summed E-state index contributed by atoms with van der Waals surface area (Å²) in [5, 5.41) is 6.92. The van der Waals surface area contributed by atoms with E-state index >= 15 is 0 Å². The number of furan rings is 1. The summed E-state index contributed by atoms with van der Waals surface area (Å²) in [6, 6.07) is 13.1. The minimum absolute atomic E-state index is 0.0365. The molecule has 1 aromatic heterocycles. The predicted molar refractivity (Wildman–Crippen MR) is 169 cm³/mol. The minimum Gasteiger partial charge on any atom is -0.461 e. The van der Waals surface area contributed by atoms with Crippen molar-refractivity contribution in [2.45, 2.75) is 52.0 Å². The number of benzene rings is 2. The zero-order valence-electron chi connectivity index (χ0n) is 25.6. The van der Waals surface area contributed by atoms with Gasteiger partial charge in [0.1, 0.15) is 17.4 Å². The molecule has 3 aromatic rings. The van der Waals surface area contributed by atoms with Crippen LogP contribution in [0.25, 0.3) is 11.0 Å². The maximum absolute atomic E-state index is 13.7. The van der Waals surface area contributed by atoms with Crippen molar-refractivity contribution in [3.8, 4) is 0 Å². The molecular formula is C33H40N6O5. The number of aliphatic imine (C=N–C) groups is 1. The number of likely N-dealkylation sites (tertiary alicyclic amines) is 2. The smallest absolute Gasteiger partial charge is 0.257 e. The fourth-order valence-electron chi connectivity index (χ4n) is 5.54. The standard InChI is InChI=1S/C33H40N6O5/c1-4-37(3)31(42)24-12-10-23(11-13-24)30(41)36-33(34-26-14-15-28-25(20-26)19-22(2)44-28)35-27-9-5-6-18-39(32(27)43)21-29(40)38-16-7-8-17-38/h10-15,19-20,27H,4-9,16-18,21H2,1-3H3,(H2,34,35,36,41). The van der Waals surface area contributed by atoms with Crippen LogP contribution in [-0.4, -0.2) is 90.1 Å². The average molecular weight is 601 g/mol. The molecule has 1 unspecified atom stereocenters. The Kier molecular flexibility index (Phi) is 9.62. The van der Waals surface area contributed by atoms with Crippen molar-refractivity contribution in [3.05, 3.63) is 65.4 Å². The van der Waals surface area contributed by atoms with Crippen LogP contribution >= 0.6 is 0 Å². The van der Waals surface area contributed by atoms with E-state index < -0.39 is 11.9 Å². The van der Waals surface area contributed by atoms with Crippen molar-refractivity contribution in [2.75, 3.05) is 45.1 Å². The van der Waals surface area contributed by atoms with Gasteiger partial charge in [-0.15, -0.1) is 0 Å². The molecule has 2 aliphatic heterocycles. The van der Waals surface area contributed by atoms with E-state index in [1.807, 2.05) is 43.0 Å². The van der Waals surface area contributed by atoms with E-state index in [1.54, 1.807) is 41.1 Å². The summed E-state index contributed by atoms with van der Waals surface area (Å²) >= 11 is 0. The zero-order valence-corrected chi connectivity index (χ0v) is 25.6. The van der Waals surface area contributed by atoms with Crippen LogP contribution < -0.4 is 10.6 Å². The Labute approximate surface area is 257 Å². The van der Waals surface area contributed by atoms with Crippen molar-refractivity contribution >= 4 is 46.2 Å². The molecule has 3 heterocycles. The molecular weight excluding hydrogens is 560 g/mol. The fourth-order valence-corrected chi connectivity index (χ4v) is 5.54. The predicted octanol–water partition coefficient (Wildman–Crippen LogP) is 4.03. The first-order valence-electron chi connectivity index (χ1n) is 15.3. The highest BCUT2D eigenvalue weighted by atomic mass is 16.3. The largest absolute Gasteiger partial charge is 0.461 e. The Morgan fingerprint density at radius 2 is 1.68 bits per heavy atom. The van der Waals surface area contributed by atoms with Crippen LogP contribution in [0, 0.1) is 6.92 Å². The van der Waals surface area contributed by atoms with Gasteiger partial charge in [0.05, 0.1) is 6.54 Å². The topological polar surface area (TPSA) is 128 Å². The maximum atomic E-state index is 13.7. The van der Waals surface area contributed by atoms with E-state index in [9.17, 15) is 19.2 Å². The number of anilines is 1. The molecule has 11 nitrogen and oxygen atoms in total. The number of nitrogens with zero attached hydrogens (tertiary/aromatic N) is 4. The van der Waals surface area contributed by atoms with E-state index in [1.165, 1.54) is 0 Å². The molecule has 2 aliphatic rings. The van der Waals surface area contributed by atoms with Gasteiger partial charge in [0, 0.05) is 55.4 Å². The lowest BCUT2D eigenvalue weighted by molar-refractivity contribution is -0.140. The van der Waals surface area contributed by atoms with Gasteiger partial charge in [0.2, 0.25) is 17.8 Å². The number of hydrogen-bond acceptors (Lipinski definition) is 6. The molecule has 0 spiro atoms. The Hall–Kier alpha value is -4.67. The molecule has 0 saturated carbocycles. The second-order valence-electron chi connectivity index (χ2n) is 11.4. The van der Waals surface area contributed by atoms with Gasteiger partial charge in [-0.05, 0) is 94.5 Å². The van der Waals surface area contributed by atoms with Gasteiger partial charge in [0.25, 0.3) is 11.8 Å². The number of rotatable bonds is 7. The van der Waals surface area contributed by atoms with Crippen LogP contribution in [0.3, 0.4) is 0 Å². The molecule has 0 aliphatic carbocycles. The summed E-state index contributed by atoms with van der Waals surface area (Å²) in [6.07, 6.45) is 4.00. The summed E-state index contributed by atoms with van der Waals surface area (Å²) < 4.78 is 5.69. The number of aryl methyl sites for hydroxylation is 1. The summed E-state index contributed by atoms with van der Waals surface area (Å²) in [6.45, 7) is 6.32. The van der Waals surface area contributed by atoms with Crippen LogP contribution in [-0.2, 0) is 9.59 Å². The molecule has 0 bridgehead atoms. The monoisotopic (exact) mass is 600 g/mol. The van der Waals surface area contributed by atoms with Crippen LogP contribution in [0.1, 0.15) is 65.5 Å².